The highest BCUT2D eigenvalue weighted by molar-refractivity contribution is 9.10. The van der Waals surface area contributed by atoms with Crippen LogP contribution < -0.4 is 0 Å². The molecular formula is C9H7BrN4O2. The Hall–Kier alpha value is -1.76. The maximum Gasteiger partial charge on any atom is 0.357 e. The van der Waals surface area contributed by atoms with E-state index in [-0.39, 0.29) is 5.69 Å². The first kappa shape index (κ1) is 10.7. The lowest BCUT2D eigenvalue weighted by molar-refractivity contribution is 0.0689. The fourth-order valence-electron chi connectivity index (χ4n) is 1.25. The number of aromatic carboxylic acids is 1. The van der Waals surface area contributed by atoms with Crippen molar-refractivity contribution in [3.05, 3.63) is 34.2 Å². The van der Waals surface area contributed by atoms with Crippen molar-refractivity contribution < 1.29 is 9.90 Å². The summed E-state index contributed by atoms with van der Waals surface area (Å²) in [6.45, 7) is 1.75. The van der Waals surface area contributed by atoms with E-state index in [4.69, 9.17) is 5.11 Å². The summed E-state index contributed by atoms with van der Waals surface area (Å²) in [5, 5.41) is 20.4. The van der Waals surface area contributed by atoms with E-state index in [1.807, 2.05) is 0 Å². The monoisotopic (exact) mass is 282 g/mol. The van der Waals surface area contributed by atoms with Gasteiger partial charge < -0.3 is 5.11 Å². The van der Waals surface area contributed by atoms with Crippen molar-refractivity contribution in [3.63, 3.8) is 0 Å². The van der Waals surface area contributed by atoms with E-state index in [2.05, 4.69) is 31.2 Å². The summed E-state index contributed by atoms with van der Waals surface area (Å²) in [5.41, 5.74) is 0.626. The smallest absolute Gasteiger partial charge is 0.357 e. The first-order valence-electron chi connectivity index (χ1n) is 4.37. The highest BCUT2D eigenvalue weighted by Crippen LogP contribution is 2.22. The average molecular weight is 283 g/mol. The van der Waals surface area contributed by atoms with Gasteiger partial charge in [0.05, 0.1) is 10.2 Å². The maximum absolute atomic E-state index is 10.9. The summed E-state index contributed by atoms with van der Waals surface area (Å²) in [7, 11) is 0. The molecule has 0 fully saturated rings. The molecule has 7 heteroatoms. The van der Waals surface area contributed by atoms with Crippen molar-refractivity contribution in [2.24, 2.45) is 0 Å². The van der Waals surface area contributed by atoms with Crippen molar-refractivity contribution in [1.29, 1.82) is 0 Å². The summed E-state index contributed by atoms with van der Waals surface area (Å²) >= 11 is 3.19. The normalized spacial score (nSPS) is 10.4. The van der Waals surface area contributed by atoms with Crippen LogP contribution in [0.1, 0.15) is 16.2 Å². The Morgan fingerprint density at radius 3 is 2.81 bits per heavy atom. The van der Waals surface area contributed by atoms with E-state index in [9.17, 15) is 4.79 Å². The minimum absolute atomic E-state index is 0.0387. The van der Waals surface area contributed by atoms with Crippen LogP contribution in [0, 0.1) is 6.92 Å². The zero-order chi connectivity index (χ0) is 11.7. The number of carbonyl (C=O) groups is 1. The number of rotatable bonds is 2. The second-order valence-corrected chi connectivity index (χ2v) is 3.84. The molecular weight excluding hydrogens is 276 g/mol. The molecule has 0 saturated heterocycles. The molecule has 0 aliphatic carbocycles. The van der Waals surface area contributed by atoms with Crippen molar-refractivity contribution in [2.45, 2.75) is 6.92 Å². The Morgan fingerprint density at radius 2 is 2.31 bits per heavy atom. The molecule has 0 amide bonds. The maximum atomic E-state index is 10.9. The van der Waals surface area contributed by atoms with E-state index in [1.165, 1.54) is 10.9 Å². The van der Waals surface area contributed by atoms with E-state index >= 15 is 0 Å². The quantitative estimate of drug-likeness (QED) is 0.901. The Balaban J connectivity index is 2.60. The average Bonchev–Trinajstić information content (AvgIpc) is 2.58. The molecule has 0 saturated carbocycles. The fraction of sp³-hybridized carbons (Fsp3) is 0.111. The van der Waals surface area contributed by atoms with Gasteiger partial charge in [0.25, 0.3) is 0 Å². The summed E-state index contributed by atoms with van der Waals surface area (Å²) in [5.74, 6) is -0.606. The Labute approximate surface area is 99.1 Å². The molecule has 1 N–H and O–H groups in total. The highest BCUT2D eigenvalue weighted by Gasteiger charge is 2.19. The minimum atomic E-state index is -1.09. The summed E-state index contributed by atoms with van der Waals surface area (Å²) in [4.78, 5) is 10.9. The summed E-state index contributed by atoms with van der Waals surface area (Å²) in [6.07, 6.45) is 1.54. The fourth-order valence-corrected chi connectivity index (χ4v) is 1.67. The van der Waals surface area contributed by atoms with Crippen LogP contribution in [-0.4, -0.2) is 31.1 Å². The first-order chi connectivity index (χ1) is 7.61. The second kappa shape index (κ2) is 4.01. The van der Waals surface area contributed by atoms with Crippen molar-refractivity contribution in [2.75, 3.05) is 0 Å². The topological polar surface area (TPSA) is 80.9 Å². The molecule has 0 bridgehead atoms. The van der Waals surface area contributed by atoms with Crippen LogP contribution in [0.15, 0.2) is 22.8 Å². The SMILES string of the molecule is Cc1c(Br)c(C(=O)O)nn1-c1cccnn1. The molecule has 6 nitrogen and oxygen atoms in total. The van der Waals surface area contributed by atoms with Gasteiger partial charge in [-0.15, -0.1) is 5.10 Å². The third kappa shape index (κ3) is 1.69. The number of aromatic nitrogens is 4. The molecule has 2 heterocycles. The predicted molar refractivity (Wildman–Crippen MR) is 58.6 cm³/mol. The molecule has 0 aliphatic rings. The minimum Gasteiger partial charge on any atom is -0.476 e. The van der Waals surface area contributed by atoms with Gasteiger partial charge >= 0.3 is 5.97 Å². The van der Waals surface area contributed by atoms with E-state index in [1.54, 1.807) is 19.1 Å². The van der Waals surface area contributed by atoms with Crippen molar-refractivity contribution in [3.8, 4) is 5.82 Å². The zero-order valence-electron chi connectivity index (χ0n) is 8.25. The van der Waals surface area contributed by atoms with Gasteiger partial charge in [0.1, 0.15) is 0 Å². The van der Waals surface area contributed by atoms with Crippen LogP contribution in [0.2, 0.25) is 0 Å². The zero-order valence-corrected chi connectivity index (χ0v) is 9.84. The number of halogens is 1. The molecule has 2 aromatic rings. The molecule has 2 rings (SSSR count). The number of carboxylic acids is 1. The molecule has 16 heavy (non-hydrogen) atoms. The van der Waals surface area contributed by atoms with Crippen molar-refractivity contribution in [1.82, 2.24) is 20.0 Å². The van der Waals surface area contributed by atoms with Gasteiger partial charge in [0.2, 0.25) is 0 Å². The van der Waals surface area contributed by atoms with Gasteiger partial charge in [0, 0.05) is 6.20 Å². The lowest BCUT2D eigenvalue weighted by Crippen LogP contribution is -2.04. The molecule has 0 aromatic carbocycles. The Kier molecular flexibility index (Phi) is 2.69. The van der Waals surface area contributed by atoms with Crippen LogP contribution in [-0.2, 0) is 0 Å². The molecule has 0 atom stereocenters. The van der Waals surface area contributed by atoms with Gasteiger partial charge in [0.15, 0.2) is 11.5 Å². The Morgan fingerprint density at radius 1 is 1.56 bits per heavy atom. The van der Waals surface area contributed by atoms with Crippen LogP contribution in [0.3, 0.4) is 0 Å². The summed E-state index contributed by atoms with van der Waals surface area (Å²) < 4.78 is 1.88. The van der Waals surface area contributed by atoms with Crippen LogP contribution in [0.25, 0.3) is 5.82 Å². The van der Waals surface area contributed by atoms with E-state index in [0.29, 0.717) is 16.0 Å². The first-order valence-corrected chi connectivity index (χ1v) is 5.17. The van der Waals surface area contributed by atoms with E-state index in [0.717, 1.165) is 0 Å². The number of hydrogen-bond donors (Lipinski definition) is 1. The van der Waals surface area contributed by atoms with Gasteiger partial charge in [-0.2, -0.15) is 10.2 Å². The van der Waals surface area contributed by atoms with Crippen LogP contribution >= 0.6 is 15.9 Å². The van der Waals surface area contributed by atoms with Crippen LogP contribution in [0.4, 0.5) is 0 Å². The third-order valence-corrected chi connectivity index (χ3v) is 2.97. The Bertz CT molecular complexity index is 538. The third-order valence-electron chi connectivity index (χ3n) is 2.02. The lowest BCUT2D eigenvalue weighted by Gasteiger charge is -2.00. The molecule has 82 valence electrons. The number of carboxylic acid groups (broad SMARTS) is 1. The number of hydrogen-bond acceptors (Lipinski definition) is 4. The standard InChI is InChI=1S/C9H7BrN4O2/c1-5-7(10)8(9(15)16)13-14(5)6-3-2-4-11-12-6/h2-4H,1H3,(H,15,16). The largest absolute Gasteiger partial charge is 0.476 e. The summed E-state index contributed by atoms with van der Waals surface area (Å²) in [6, 6.07) is 3.41. The molecule has 0 spiro atoms. The van der Waals surface area contributed by atoms with E-state index < -0.39 is 5.97 Å². The molecule has 0 unspecified atom stereocenters. The van der Waals surface area contributed by atoms with Gasteiger partial charge in [-0.05, 0) is 35.0 Å². The highest BCUT2D eigenvalue weighted by atomic mass is 79.9. The van der Waals surface area contributed by atoms with Gasteiger partial charge in [-0.1, -0.05) is 0 Å². The molecule has 2 aromatic heterocycles. The lowest BCUT2D eigenvalue weighted by atomic mass is 10.4. The predicted octanol–water partition coefficient (Wildman–Crippen LogP) is 1.43. The molecule has 0 radical (unpaired) electrons. The van der Waals surface area contributed by atoms with Gasteiger partial charge in [-0.3, -0.25) is 0 Å². The van der Waals surface area contributed by atoms with Gasteiger partial charge in [-0.25, -0.2) is 9.48 Å². The number of nitrogens with zero attached hydrogens (tertiary/aromatic N) is 4. The van der Waals surface area contributed by atoms with Crippen LogP contribution in [0.5, 0.6) is 0 Å². The molecule has 0 aliphatic heterocycles. The second-order valence-electron chi connectivity index (χ2n) is 3.05. The van der Waals surface area contributed by atoms with Crippen molar-refractivity contribution >= 4 is 21.9 Å².